The Morgan fingerprint density at radius 1 is 1.14 bits per heavy atom. The number of hydrogen-bond acceptors (Lipinski definition) is 3. The molecule has 0 radical (unpaired) electrons. The SMILES string of the molecule is Cc1c(Br)cccc1C(NN)c1cccc(OC(C)C)c1. The molecule has 0 spiro atoms. The summed E-state index contributed by atoms with van der Waals surface area (Å²) in [5.74, 6) is 6.66. The van der Waals surface area contributed by atoms with Crippen LogP contribution in [0.3, 0.4) is 0 Å². The Morgan fingerprint density at radius 2 is 1.86 bits per heavy atom. The van der Waals surface area contributed by atoms with Crippen molar-refractivity contribution in [1.29, 1.82) is 0 Å². The molecule has 21 heavy (non-hydrogen) atoms. The number of halogens is 1. The van der Waals surface area contributed by atoms with Gasteiger partial charge in [-0.1, -0.05) is 40.2 Å². The van der Waals surface area contributed by atoms with E-state index in [4.69, 9.17) is 10.6 Å². The zero-order valence-corrected chi connectivity index (χ0v) is 14.1. The molecule has 3 N–H and O–H groups in total. The van der Waals surface area contributed by atoms with Crippen molar-refractivity contribution in [2.75, 3.05) is 0 Å². The molecule has 0 aliphatic carbocycles. The maximum absolute atomic E-state index is 5.80. The first-order valence-electron chi connectivity index (χ1n) is 7.00. The maximum Gasteiger partial charge on any atom is 0.120 e. The van der Waals surface area contributed by atoms with Crippen LogP contribution in [0.15, 0.2) is 46.9 Å². The van der Waals surface area contributed by atoms with Gasteiger partial charge in [0, 0.05) is 4.47 Å². The fraction of sp³-hybridized carbons (Fsp3) is 0.294. The first-order valence-corrected chi connectivity index (χ1v) is 7.80. The van der Waals surface area contributed by atoms with Crippen LogP contribution in [0, 0.1) is 6.92 Å². The number of hydrogen-bond donors (Lipinski definition) is 2. The highest BCUT2D eigenvalue weighted by atomic mass is 79.9. The van der Waals surface area contributed by atoms with E-state index < -0.39 is 0 Å². The zero-order chi connectivity index (χ0) is 15.4. The van der Waals surface area contributed by atoms with E-state index in [1.165, 1.54) is 5.56 Å². The molecule has 0 amide bonds. The van der Waals surface area contributed by atoms with E-state index in [1.807, 2.05) is 44.2 Å². The lowest BCUT2D eigenvalue weighted by Crippen LogP contribution is -2.29. The molecule has 0 saturated carbocycles. The highest BCUT2D eigenvalue weighted by molar-refractivity contribution is 9.10. The molecule has 2 aromatic rings. The van der Waals surface area contributed by atoms with E-state index in [9.17, 15) is 0 Å². The molecule has 1 unspecified atom stereocenters. The molecule has 3 nitrogen and oxygen atoms in total. The van der Waals surface area contributed by atoms with Crippen LogP contribution < -0.4 is 16.0 Å². The van der Waals surface area contributed by atoms with Gasteiger partial charge in [0.2, 0.25) is 0 Å². The summed E-state index contributed by atoms with van der Waals surface area (Å²) in [7, 11) is 0. The second-order valence-electron chi connectivity index (χ2n) is 5.29. The number of hydrazine groups is 1. The molecule has 1 atom stereocenters. The van der Waals surface area contributed by atoms with E-state index in [-0.39, 0.29) is 12.1 Å². The monoisotopic (exact) mass is 348 g/mol. The van der Waals surface area contributed by atoms with E-state index in [1.54, 1.807) is 0 Å². The predicted octanol–water partition coefficient (Wildman–Crippen LogP) is 4.10. The largest absolute Gasteiger partial charge is 0.491 e. The Morgan fingerprint density at radius 3 is 2.52 bits per heavy atom. The summed E-state index contributed by atoms with van der Waals surface area (Å²) in [4.78, 5) is 0. The summed E-state index contributed by atoms with van der Waals surface area (Å²) in [5.41, 5.74) is 6.31. The van der Waals surface area contributed by atoms with Gasteiger partial charge < -0.3 is 4.74 Å². The highest BCUT2D eigenvalue weighted by Crippen LogP contribution is 2.30. The quantitative estimate of drug-likeness (QED) is 0.631. The number of benzene rings is 2. The predicted molar refractivity (Wildman–Crippen MR) is 90.3 cm³/mol. The van der Waals surface area contributed by atoms with Gasteiger partial charge in [0.05, 0.1) is 12.1 Å². The molecule has 0 bridgehead atoms. The average Bonchev–Trinajstić information content (AvgIpc) is 2.44. The Kier molecular flexibility index (Phi) is 5.39. The van der Waals surface area contributed by atoms with Gasteiger partial charge in [-0.25, -0.2) is 5.43 Å². The van der Waals surface area contributed by atoms with Gasteiger partial charge in [-0.2, -0.15) is 0 Å². The summed E-state index contributed by atoms with van der Waals surface area (Å²) < 4.78 is 6.84. The number of ether oxygens (including phenoxy) is 1. The Labute approximate surface area is 134 Å². The van der Waals surface area contributed by atoms with Crippen molar-refractivity contribution in [3.63, 3.8) is 0 Å². The van der Waals surface area contributed by atoms with Crippen LogP contribution in [0.5, 0.6) is 5.75 Å². The standard InChI is InChI=1S/C17H21BrN2O/c1-11(2)21-14-7-4-6-13(10-14)17(20-19)15-8-5-9-16(18)12(15)3/h4-11,17,20H,19H2,1-3H3. The van der Waals surface area contributed by atoms with Gasteiger partial charge in [-0.3, -0.25) is 5.84 Å². The molecular formula is C17H21BrN2O. The lowest BCUT2D eigenvalue weighted by Gasteiger charge is -2.21. The van der Waals surface area contributed by atoms with Gasteiger partial charge in [-0.05, 0) is 55.7 Å². The minimum atomic E-state index is -0.0711. The molecular weight excluding hydrogens is 328 g/mol. The van der Waals surface area contributed by atoms with Crippen LogP contribution in [0.4, 0.5) is 0 Å². The van der Waals surface area contributed by atoms with Crippen molar-refractivity contribution in [3.8, 4) is 5.75 Å². The van der Waals surface area contributed by atoms with E-state index in [2.05, 4.69) is 40.4 Å². The molecule has 0 saturated heterocycles. The normalized spacial score (nSPS) is 12.5. The summed E-state index contributed by atoms with van der Waals surface area (Å²) in [5, 5.41) is 0. The van der Waals surface area contributed by atoms with Crippen LogP contribution in [-0.4, -0.2) is 6.10 Å². The molecule has 2 rings (SSSR count). The topological polar surface area (TPSA) is 47.3 Å². The van der Waals surface area contributed by atoms with E-state index >= 15 is 0 Å². The summed E-state index contributed by atoms with van der Waals surface area (Å²) >= 11 is 3.57. The van der Waals surface area contributed by atoms with Gasteiger partial charge in [-0.15, -0.1) is 0 Å². The maximum atomic E-state index is 5.80. The Hall–Kier alpha value is -1.36. The van der Waals surface area contributed by atoms with Crippen molar-refractivity contribution < 1.29 is 4.74 Å². The van der Waals surface area contributed by atoms with Gasteiger partial charge in [0.15, 0.2) is 0 Å². The first-order chi connectivity index (χ1) is 10.0. The van der Waals surface area contributed by atoms with Crippen LogP contribution >= 0.6 is 15.9 Å². The molecule has 0 aromatic heterocycles. The third kappa shape index (κ3) is 3.84. The summed E-state index contributed by atoms with van der Waals surface area (Å²) in [6.45, 7) is 6.12. The number of nitrogens with one attached hydrogen (secondary N) is 1. The Balaban J connectivity index is 2.39. The van der Waals surface area contributed by atoms with Crippen LogP contribution in [0.25, 0.3) is 0 Å². The number of nitrogens with two attached hydrogens (primary N) is 1. The second kappa shape index (κ2) is 7.07. The van der Waals surface area contributed by atoms with Crippen molar-refractivity contribution >= 4 is 15.9 Å². The fourth-order valence-electron chi connectivity index (χ4n) is 2.34. The summed E-state index contributed by atoms with van der Waals surface area (Å²) in [6.07, 6.45) is 0.150. The molecule has 2 aromatic carbocycles. The zero-order valence-electron chi connectivity index (χ0n) is 12.6. The van der Waals surface area contributed by atoms with Gasteiger partial charge >= 0.3 is 0 Å². The van der Waals surface area contributed by atoms with E-state index in [0.717, 1.165) is 21.3 Å². The molecule has 4 heteroatoms. The minimum absolute atomic E-state index is 0.0711. The number of rotatable bonds is 5. The van der Waals surface area contributed by atoms with Crippen LogP contribution in [0.2, 0.25) is 0 Å². The second-order valence-corrected chi connectivity index (χ2v) is 6.15. The average molecular weight is 349 g/mol. The van der Waals surface area contributed by atoms with Crippen molar-refractivity contribution in [2.24, 2.45) is 5.84 Å². The molecule has 0 heterocycles. The minimum Gasteiger partial charge on any atom is -0.491 e. The van der Waals surface area contributed by atoms with Gasteiger partial charge in [0.25, 0.3) is 0 Å². The third-order valence-electron chi connectivity index (χ3n) is 3.35. The molecule has 0 aliphatic rings. The smallest absolute Gasteiger partial charge is 0.120 e. The summed E-state index contributed by atoms with van der Waals surface area (Å²) in [6, 6.07) is 14.1. The Bertz CT molecular complexity index is 613. The van der Waals surface area contributed by atoms with Crippen molar-refractivity contribution in [2.45, 2.75) is 32.9 Å². The molecule has 112 valence electrons. The van der Waals surface area contributed by atoms with Crippen molar-refractivity contribution in [3.05, 3.63) is 63.6 Å². The first kappa shape index (κ1) is 16.0. The third-order valence-corrected chi connectivity index (χ3v) is 4.21. The molecule has 0 fully saturated rings. The fourth-order valence-corrected chi connectivity index (χ4v) is 2.72. The van der Waals surface area contributed by atoms with Crippen LogP contribution in [0.1, 0.15) is 36.6 Å². The van der Waals surface area contributed by atoms with Gasteiger partial charge in [0.1, 0.15) is 5.75 Å². The lowest BCUT2D eigenvalue weighted by atomic mass is 9.95. The van der Waals surface area contributed by atoms with E-state index in [0.29, 0.717) is 0 Å². The molecule has 0 aliphatic heterocycles. The highest BCUT2D eigenvalue weighted by Gasteiger charge is 2.16. The lowest BCUT2D eigenvalue weighted by molar-refractivity contribution is 0.242. The van der Waals surface area contributed by atoms with Crippen molar-refractivity contribution in [1.82, 2.24) is 5.43 Å². The van der Waals surface area contributed by atoms with Crippen LogP contribution in [-0.2, 0) is 0 Å².